The molecule has 2 aliphatic rings. The highest BCUT2D eigenvalue weighted by Crippen LogP contribution is 2.38. The summed E-state index contributed by atoms with van der Waals surface area (Å²) in [5.41, 5.74) is 4.41. The van der Waals surface area contributed by atoms with Crippen molar-refractivity contribution >= 4 is 5.57 Å². The summed E-state index contributed by atoms with van der Waals surface area (Å²) < 4.78 is 0. The third-order valence-corrected chi connectivity index (χ3v) is 4.07. The second-order valence-corrected chi connectivity index (χ2v) is 5.29. The van der Waals surface area contributed by atoms with Crippen molar-refractivity contribution in [2.75, 3.05) is 0 Å². The van der Waals surface area contributed by atoms with Gasteiger partial charge in [0.2, 0.25) is 0 Å². The highest BCUT2D eigenvalue weighted by Gasteiger charge is 2.21. The SMILES string of the molecule is C1=CC(=C(c2ccccc2)C2CCCCC2)C=C1. The molecule has 0 bridgehead atoms. The normalized spacial score (nSPS) is 19.4. The quantitative estimate of drug-likeness (QED) is 0.666. The molecule has 0 aromatic heterocycles. The lowest BCUT2D eigenvalue weighted by atomic mass is 9.79. The van der Waals surface area contributed by atoms with Crippen molar-refractivity contribution < 1.29 is 0 Å². The Kier molecular flexibility index (Phi) is 3.45. The summed E-state index contributed by atoms with van der Waals surface area (Å²) in [5, 5.41) is 0. The molecule has 0 aliphatic heterocycles. The minimum absolute atomic E-state index is 0.753. The van der Waals surface area contributed by atoms with Crippen LogP contribution in [-0.4, -0.2) is 0 Å². The van der Waals surface area contributed by atoms with Gasteiger partial charge in [0.1, 0.15) is 0 Å². The number of hydrogen-bond acceptors (Lipinski definition) is 0. The third kappa shape index (κ3) is 2.33. The van der Waals surface area contributed by atoms with Gasteiger partial charge in [0.05, 0.1) is 0 Å². The Morgan fingerprint density at radius 1 is 0.833 bits per heavy atom. The van der Waals surface area contributed by atoms with E-state index in [4.69, 9.17) is 0 Å². The molecule has 1 aromatic rings. The summed E-state index contributed by atoms with van der Waals surface area (Å²) in [6.07, 6.45) is 15.7. The second kappa shape index (κ2) is 5.39. The largest absolute Gasteiger partial charge is 0.0622 e. The van der Waals surface area contributed by atoms with E-state index in [2.05, 4.69) is 54.6 Å². The summed E-state index contributed by atoms with van der Waals surface area (Å²) in [6, 6.07) is 10.9. The smallest absolute Gasteiger partial charge is 0.0150 e. The summed E-state index contributed by atoms with van der Waals surface area (Å²) >= 11 is 0. The van der Waals surface area contributed by atoms with Crippen LogP contribution in [0.1, 0.15) is 37.7 Å². The van der Waals surface area contributed by atoms with Crippen molar-refractivity contribution in [2.45, 2.75) is 32.1 Å². The fourth-order valence-corrected chi connectivity index (χ4v) is 3.20. The molecule has 92 valence electrons. The fourth-order valence-electron chi connectivity index (χ4n) is 3.20. The van der Waals surface area contributed by atoms with E-state index in [1.54, 1.807) is 5.57 Å². The van der Waals surface area contributed by atoms with Gasteiger partial charge in [-0.3, -0.25) is 0 Å². The van der Waals surface area contributed by atoms with Gasteiger partial charge in [-0.25, -0.2) is 0 Å². The Labute approximate surface area is 110 Å². The average molecular weight is 236 g/mol. The third-order valence-electron chi connectivity index (χ3n) is 4.07. The maximum absolute atomic E-state index is 2.26. The molecule has 0 heterocycles. The van der Waals surface area contributed by atoms with Gasteiger partial charge in [0.15, 0.2) is 0 Å². The summed E-state index contributed by atoms with van der Waals surface area (Å²) in [4.78, 5) is 0. The Morgan fingerprint density at radius 3 is 2.17 bits per heavy atom. The molecule has 0 nitrogen and oxygen atoms in total. The lowest BCUT2D eigenvalue weighted by Gasteiger charge is -2.26. The van der Waals surface area contributed by atoms with Gasteiger partial charge >= 0.3 is 0 Å². The van der Waals surface area contributed by atoms with E-state index in [9.17, 15) is 0 Å². The zero-order chi connectivity index (χ0) is 12.2. The molecule has 0 saturated heterocycles. The van der Waals surface area contributed by atoms with E-state index < -0.39 is 0 Å². The standard InChI is InChI=1S/C18H20/c1-3-9-15(10-4-1)18(17-13-7-8-14-17)16-11-5-2-6-12-16/h1,3-4,7-10,13-14,16H,2,5-6,11-12H2. The van der Waals surface area contributed by atoms with Crippen molar-refractivity contribution in [1.82, 2.24) is 0 Å². The lowest BCUT2D eigenvalue weighted by molar-refractivity contribution is 0.429. The van der Waals surface area contributed by atoms with Crippen molar-refractivity contribution in [3.8, 4) is 0 Å². The Hall–Kier alpha value is -1.56. The molecule has 0 atom stereocenters. The minimum Gasteiger partial charge on any atom is -0.0622 e. The Balaban J connectivity index is 2.01. The van der Waals surface area contributed by atoms with Crippen LogP contribution >= 0.6 is 0 Å². The lowest BCUT2D eigenvalue weighted by Crippen LogP contribution is -2.09. The van der Waals surface area contributed by atoms with E-state index in [0.717, 1.165) is 5.92 Å². The Morgan fingerprint density at radius 2 is 1.50 bits per heavy atom. The van der Waals surface area contributed by atoms with Crippen LogP contribution in [0.3, 0.4) is 0 Å². The molecule has 1 aromatic carbocycles. The predicted octanol–water partition coefficient (Wildman–Crippen LogP) is 5.15. The van der Waals surface area contributed by atoms with E-state index in [1.165, 1.54) is 43.2 Å². The molecule has 0 spiro atoms. The molecule has 3 rings (SSSR count). The van der Waals surface area contributed by atoms with Crippen LogP contribution in [0.15, 0.2) is 60.2 Å². The van der Waals surface area contributed by atoms with Crippen LogP contribution in [0.2, 0.25) is 0 Å². The maximum Gasteiger partial charge on any atom is -0.0150 e. The first-order valence-corrected chi connectivity index (χ1v) is 7.09. The molecule has 18 heavy (non-hydrogen) atoms. The topological polar surface area (TPSA) is 0 Å². The number of rotatable bonds is 2. The summed E-state index contributed by atoms with van der Waals surface area (Å²) in [7, 11) is 0. The van der Waals surface area contributed by atoms with Gasteiger partial charge in [-0.05, 0) is 35.5 Å². The van der Waals surface area contributed by atoms with Crippen LogP contribution in [0.25, 0.3) is 5.57 Å². The van der Waals surface area contributed by atoms with Crippen molar-refractivity contribution in [2.24, 2.45) is 5.92 Å². The number of allylic oxidation sites excluding steroid dienone is 6. The van der Waals surface area contributed by atoms with Crippen LogP contribution in [0, 0.1) is 5.92 Å². The van der Waals surface area contributed by atoms with Gasteiger partial charge in [-0.2, -0.15) is 0 Å². The highest BCUT2D eigenvalue weighted by molar-refractivity contribution is 5.76. The van der Waals surface area contributed by atoms with E-state index >= 15 is 0 Å². The molecule has 0 amide bonds. The van der Waals surface area contributed by atoms with E-state index in [0.29, 0.717) is 0 Å². The Bertz CT molecular complexity index is 468. The number of hydrogen-bond donors (Lipinski definition) is 0. The molecule has 0 radical (unpaired) electrons. The van der Waals surface area contributed by atoms with E-state index in [1.807, 2.05) is 0 Å². The number of benzene rings is 1. The molecular weight excluding hydrogens is 216 g/mol. The van der Waals surface area contributed by atoms with Crippen molar-refractivity contribution in [3.05, 3.63) is 65.8 Å². The minimum atomic E-state index is 0.753. The first kappa shape index (κ1) is 11.5. The van der Waals surface area contributed by atoms with Crippen LogP contribution < -0.4 is 0 Å². The van der Waals surface area contributed by atoms with Crippen LogP contribution in [-0.2, 0) is 0 Å². The molecule has 0 heteroatoms. The van der Waals surface area contributed by atoms with Crippen molar-refractivity contribution in [3.63, 3.8) is 0 Å². The summed E-state index contributed by atoms with van der Waals surface area (Å²) in [5.74, 6) is 0.753. The van der Waals surface area contributed by atoms with Crippen molar-refractivity contribution in [1.29, 1.82) is 0 Å². The van der Waals surface area contributed by atoms with Gasteiger partial charge in [0, 0.05) is 0 Å². The zero-order valence-corrected chi connectivity index (χ0v) is 10.8. The fraction of sp³-hybridized carbons (Fsp3) is 0.333. The molecule has 1 fully saturated rings. The maximum atomic E-state index is 2.26. The molecule has 0 N–H and O–H groups in total. The monoisotopic (exact) mass is 236 g/mol. The predicted molar refractivity (Wildman–Crippen MR) is 78.2 cm³/mol. The average Bonchev–Trinajstić information content (AvgIpc) is 2.95. The molecule has 2 aliphatic carbocycles. The summed E-state index contributed by atoms with van der Waals surface area (Å²) in [6.45, 7) is 0. The first-order valence-electron chi connectivity index (χ1n) is 7.09. The zero-order valence-electron chi connectivity index (χ0n) is 10.8. The first-order chi connectivity index (χ1) is 8.95. The van der Waals surface area contributed by atoms with Crippen LogP contribution in [0.4, 0.5) is 0 Å². The molecule has 0 unspecified atom stereocenters. The molecular formula is C18H20. The van der Waals surface area contributed by atoms with Gasteiger partial charge in [-0.15, -0.1) is 0 Å². The highest BCUT2D eigenvalue weighted by atomic mass is 14.3. The van der Waals surface area contributed by atoms with Gasteiger partial charge < -0.3 is 0 Å². The second-order valence-electron chi connectivity index (χ2n) is 5.29. The molecule has 1 saturated carbocycles. The van der Waals surface area contributed by atoms with Crippen LogP contribution in [0.5, 0.6) is 0 Å². The van der Waals surface area contributed by atoms with Gasteiger partial charge in [-0.1, -0.05) is 73.9 Å². The van der Waals surface area contributed by atoms with Gasteiger partial charge in [0.25, 0.3) is 0 Å². The van der Waals surface area contributed by atoms with E-state index in [-0.39, 0.29) is 0 Å².